The maximum atomic E-state index is 12.7. The Kier molecular flexibility index (Phi) is 6.30. The van der Waals surface area contributed by atoms with Crippen molar-refractivity contribution in [3.05, 3.63) is 54.0 Å². The molecule has 0 saturated carbocycles. The van der Waals surface area contributed by atoms with E-state index in [1.807, 2.05) is 48.1 Å². The molecule has 0 aliphatic carbocycles. The first-order chi connectivity index (χ1) is 13.5. The van der Waals surface area contributed by atoms with Crippen molar-refractivity contribution in [2.45, 2.75) is 19.2 Å². The highest BCUT2D eigenvalue weighted by Crippen LogP contribution is 2.19. The number of carbonyl (C=O) groups excluding carboxylic acids is 2. The summed E-state index contributed by atoms with van der Waals surface area (Å²) in [6.45, 7) is 2.02. The van der Waals surface area contributed by atoms with Crippen LogP contribution in [0.15, 0.2) is 42.6 Å². The van der Waals surface area contributed by atoms with Gasteiger partial charge in [-0.3, -0.25) is 9.59 Å². The lowest BCUT2D eigenvalue weighted by atomic mass is 10.3. The molecule has 0 aliphatic rings. The van der Waals surface area contributed by atoms with Gasteiger partial charge in [-0.05, 0) is 43.0 Å². The maximum Gasteiger partial charge on any atom is 0.245 e. The zero-order valence-corrected chi connectivity index (χ0v) is 17.0. The molecule has 0 atom stereocenters. The van der Waals surface area contributed by atoms with Crippen molar-refractivity contribution >= 4 is 40.4 Å². The molecule has 2 heterocycles. The SMILES string of the molecule is CSCc1nc2ccccc2n1CC(=O)N(C)CC(=O)Nc1cc(C)ccn1. The highest BCUT2D eigenvalue weighted by Gasteiger charge is 2.18. The molecule has 3 aromatic rings. The number of fused-ring (bicyclic) bond motifs is 1. The first-order valence-corrected chi connectivity index (χ1v) is 10.3. The third-order valence-electron chi connectivity index (χ3n) is 4.29. The molecule has 0 aliphatic heterocycles. The van der Waals surface area contributed by atoms with E-state index in [1.54, 1.807) is 31.1 Å². The van der Waals surface area contributed by atoms with Crippen molar-refractivity contribution in [1.82, 2.24) is 19.4 Å². The van der Waals surface area contributed by atoms with Crippen molar-refractivity contribution in [3.63, 3.8) is 0 Å². The molecule has 0 unspecified atom stereocenters. The number of amides is 2. The van der Waals surface area contributed by atoms with Crippen LogP contribution in [0.2, 0.25) is 0 Å². The van der Waals surface area contributed by atoms with Crippen molar-refractivity contribution in [3.8, 4) is 0 Å². The lowest BCUT2D eigenvalue weighted by Crippen LogP contribution is -2.37. The number of likely N-dealkylation sites (N-methyl/N-ethyl adjacent to an activating group) is 1. The van der Waals surface area contributed by atoms with Gasteiger partial charge in [-0.15, -0.1) is 0 Å². The van der Waals surface area contributed by atoms with Gasteiger partial charge in [-0.25, -0.2) is 9.97 Å². The Hall–Kier alpha value is -2.87. The zero-order valence-electron chi connectivity index (χ0n) is 16.2. The average Bonchev–Trinajstić information content (AvgIpc) is 2.99. The van der Waals surface area contributed by atoms with Gasteiger partial charge in [-0.1, -0.05) is 12.1 Å². The van der Waals surface area contributed by atoms with Gasteiger partial charge in [-0.2, -0.15) is 11.8 Å². The van der Waals surface area contributed by atoms with E-state index in [0.717, 1.165) is 22.4 Å². The summed E-state index contributed by atoms with van der Waals surface area (Å²) in [7, 11) is 1.62. The van der Waals surface area contributed by atoms with Gasteiger partial charge in [0.05, 0.1) is 23.3 Å². The molecule has 3 rings (SSSR count). The fraction of sp³-hybridized carbons (Fsp3) is 0.300. The second-order valence-electron chi connectivity index (χ2n) is 6.55. The van der Waals surface area contributed by atoms with Gasteiger partial charge < -0.3 is 14.8 Å². The highest BCUT2D eigenvalue weighted by atomic mass is 32.2. The molecule has 0 bridgehead atoms. The van der Waals surface area contributed by atoms with Gasteiger partial charge in [0.25, 0.3) is 0 Å². The van der Waals surface area contributed by atoms with Crippen LogP contribution in [0.5, 0.6) is 0 Å². The summed E-state index contributed by atoms with van der Waals surface area (Å²) in [5.74, 6) is 1.61. The molecule has 1 aromatic carbocycles. The second-order valence-corrected chi connectivity index (χ2v) is 7.42. The first kappa shape index (κ1) is 19.9. The summed E-state index contributed by atoms with van der Waals surface area (Å²) >= 11 is 1.65. The van der Waals surface area contributed by atoms with E-state index in [0.29, 0.717) is 11.6 Å². The Labute approximate surface area is 168 Å². The molecule has 146 valence electrons. The molecule has 8 heteroatoms. The number of anilines is 1. The third kappa shape index (κ3) is 4.69. The van der Waals surface area contributed by atoms with E-state index in [4.69, 9.17) is 0 Å². The van der Waals surface area contributed by atoms with Crippen LogP contribution in [0.1, 0.15) is 11.4 Å². The Morgan fingerprint density at radius 3 is 2.79 bits per heavy atom. The predicted octanol–water partition coefficient (Wildman–Crippen LogP) is 2.70. The number of hydrogen-bond donors (Lipinski definition) is 1. The minimum atomic E-state index is -0.284. The number of imidazole rings is 1. The third-order valence-corrected chi connectivity index (χ3v) is 4.84. The fourth-order valence-electron chi connectivity index (χ4n) is 2.89. The molecular formula is C20H23N5O2S. The molecule has 0 saturated heterocycles. The van der Waals surface area contributed by atoms with E-state index in [2.05, 4.69) is 15.3 Å². The van der Waals surface area contributed by atoms with Crippen LogP contribution in [0.3, 0.4) is 0 Å². The van der Waals surface area contributed by atoms with Crippen LogP contribution in [0, 0.1) is 6.92 Å². The Balaban J connectivity index is 1.68. The number of nitrogens with zero attached hydrogens (tertiary/aromatic N) is 4. The van der Waals surface area contributed by atoms with E-state index in [9.17, 15) is 9.59 Å². The summed E-state index contributed by atoms with van der Waals surface area (Å²) in [4.78, 5) is 35.1. The first-order valence-electron chi connectivity index (χ1n) is 8.87. The van der Waals surface area contributed by atoms with Gasteiger partial charge in [0.2, 0.25) is 11.8 Å². The Morgan fingerprint density at radius 1 is 1.25 bits per heavy atom. The van der Waals surface area contributed by atoms with E-state index in [-0.39, 0.29) is 24.9 Å². The molecule has 0 radical (unpaired) electrons. The highest BCUT2D eigenvalue weighted by molar-refractivity contribution is 7.97. The quantitative estimate of drug-likeness (QED) is 0.663. The maximum absolute atomic E-state index is 12.7. The van der Waals surface area contributed by atoms with Gasteiger partial charge in [0.1, 0.15) is 18.2 Å². The van der Waals surface area contributed by atoms with Crippen LogP contribution in [0.25, 0.3) is 11.0 Å². The number of hydrogen-bond acceptors (Lipinski definition) is 5. The molecule has 7 nitrogen and oxygen atoms in total. The van der Waals surface area contributed by atoms with Gasteiger partial charge in [0, 0.05) is 13.2 Å². The van der Waals surface area contributed by atoms with Gasteiger partial charge in [0.15, 0.2) is 0 Å². The number of nitrogens with one attached hydrogen (secondary N) is 1. The van der Waals surface area contributed by atoms with Gasteiger partial charge >= 0.3 is 0 Å². The number of thioether (sulfide) groups is 1. The molecule has 2 aromatic heterocycles. The van der Waals surface area contributed by atoms with Crippen LogP contribution in [-0.2, 0) is 21.9 Å². The molecular weight excluding hydrogens is 374 g/mol. The number of carbonyl (C=O) groups is 2. The minimum Gasteiger partial charge on any atom is -0.335 e. The minimum absolute atomic E-state index is 0.0427. The smallest absolute Gasteiger partial charge is 0.245 e. The molecule has 0 spiro atoms. The van der Waals surface area contributed by atoms with E-state index < -0.39 is 0 Å². The number of pyridine rings is 1. The normalized spacial score (nSPS) is 10.8. The lowest BCUT2D eigenvalue weighted by molar-refractivity contribution is -0.133. The summed E-state index contributed by atoms with van der Waals surface area (Å²) in [5, 5.41) is 2.72. The topological polar surface area (TPSA) is 80.1 Å². The molecule has 28 heavy (non-hydrogen) atoms. The monoisotopic (exact) mass is 397 g/mol. The summed E-state index contributed by atoms with van der Waals surface area (Å²) < 4.78 is 1.92. The fourth-order valence-corrected chi connectivity index (χ4v) is 3.37. The number of para-hydroxylation sites is 2. The van der Waals surface area contributed by atoms with E-state index >= 15 is 0 Å². The van der Waals surface area contributed by atoms with Crippen molar-refractivity contribution in [2.75, 3.05) is 25.2 Å². The number of benzene rings is 1. The van der Waals surface area contributed by atoms with Crippen LogP contribution < -0.4 is 5.32 Å². The average molecular weight is 398 g/mol. The van der Waals surface area contributed by atoms with E-state index in [1.165, 1.54) is 4.90 Å². The summed E-state index contributed by atoms with van der Waals surface area (Å²) in [6, 6.07) is 11.4. The van der Waals surface area contributed by atoms with Crippen LogP contribution in [-0.4, -0.2) is 51.1 Å². The number of rotatable bonds is 7. The van der Waals surface area contributed by atoms with Crippen molar-refractivity contribution in [2.24, 2.45) is 0 Å². The molecule has 1 N–H and O–H groups in total. The number of aromatic nitrogens is 3. The lowest BCUT2D eigenvalue weighted by Gasteiger charge is -2.18. The predicted molar refractivity (Wildman–Crippen MR) is 112 cm³/mol. The largest absolute Gasteiger partial charge is 0.335 e. The Bertz CT molecular complexity index is 1000. The summed E-state index contributed by atoms with van der Waals surface area (Å²) in [5.41, 5.74) is 2.79. The number of aryl methyl sites for hydroxylation is 1. The standard InChI is InChI=1S/C20H23N5O2S/c1-14-8-9-21-17(10-14)23-19(26)11-24(2)20(27)12-25-16-7-5-4-6-15(16)22-18(25)13-28-3/h4-10H,11-13H2,1-3H3,(H,21,23,26). The van der Waals surface area contributed by atoms with Crippen molar-refractivity contribution in [1.29, 1.82) is 0 Å². The summed E-state index contributed by atoms with van der Waals surface area (Å²) in [6.07, 6.45) is 3.64. The zero-order chi connectivity index (χ0) is 20.1. The van der Waals surface area contributed by atoms with Crippen LogP contribution >= 0.6 is 11.8 Å². The molecule has 0 fully saturated rings. The van der Waals surface area contributed by atoms with Crippen molar-refractivity contribution < 1.29 is 9.59 Å². The molecule has 2 amide bonds. The Morgan fingerprint density at radius 2 is 2.04 bits per heavy atom. The van der Waals surface area contributed by atoms with Crippen LogP contribution in [0.4, 0.5) is 5.82 Å². The second kappa shape index (κ2) is 8.88.